The lowest BCUT2D eigenvalue weighted by atomic mass is 10.0. The van der Waals surface area contributed by atoms with E-state index in [2.05, 4.69) is 4.98 Å². The minimum absolute atomic E-state index is 0.110. The second kappa shape index (κ2) is 3.48. The second-order valence-electron chi connectivity index (χ2n) is 3.33. The molecule has 0 atom stereocenters. The predicted octanol–water partition coefficient (Wildman–Crippen LogP) is 2.81. The van der Waals surface area contributed by atoms with Crippen LogP contribution in [-0.2, 0) is 6.18 Å². The SMILES string of the molecule is CC(C)c1ccc(N)nc1C(F)(F)F. The van der Waals surface area contributed by atoms with Crippen molar-refractivity contribution < 1.29 is 13.2 Å². The lowest BCUT2D eigenvalue weighted by molar-refractivity contribution is -0.141. The molecule has 1 rings (SSSR count). The zero-order chi connectivity index (χ0) is 10.9. The van der Waals surface area contributed by atoms with Crippen LogP contribution in [0.3, 0.4) is 0 Å². The molecule has 0 saturated heterocycles. The van der Waals surface area contributed by atoms with Gasteiger partial charge in [-0.2, -0.15) is 13.2 Å². The quantitative estimate of drug-likeness (QED) is 0.763. The second-order valence-corrected chi connectivity index (χ2v) is 3.33. The molecule has 14 heavy (non-hydrogen) atoms. The summed E-state index contributed by atoms with van der Waals surface area (Å²) in [5, 5.41) is 0. The van der Waals surface area contributed by atoms with Crippen molar-refractivity contribution in [2.45, 2.75) is 25.9 Å². The van der Waals surface area contributed by atoms with Gasteiger partial charge in [-0.05, 0) is 17.5 Å². The Labute approximate surface area is 79.9 Å². The number of hydrogen-bond acceptors (Lipinski definition) is 2. The summed E-state index contributed by atoms with van der Waals surface area (Å²) in [6, 6.07) is 2.75. The van der Waals surface area contributed by atoms with E-state index in [1.165, 1.54) is 12.1 Å². The van der Waals surface area contributed by atoms with E-state index >= 15 is 0 Å². The lowest BCUT2D eigenvalue weighted by Crippen LogP contribution is -2.14. The average Bonchev–Trinajstić information content (AvgIpc) is 2.01. The molecule has 0 spiro atoms. The Bertz CT molecular complexity index is 331. The molecular weight excluding hydrogens is 193 g/mol. The minimum atomic E-state index is -4.44. The number of pyridine rings is 1. The van der Waals surface area contributed by atoms with Crippen LogP contribution in [-0.4, -0.2) is 4.98 Å². The molecule has 1 heterocycles. The Morgan fingerprint density at radius 1 is 1.29 bits per heavy atom. The van der Waals surface area contributed by atoms with E-state index in [9.17, 15) is 13.2 Å². The minimum Gasteiger partial charge on any atom is -0.384 e. The number of alkyl halides is 3. The molecule has 2 nitrogen and oxygen atoms in total. The van der Waals surface area contributed by atoms with Gasteiger partial charge in [0.2, 0.25) is 0 Å². The number of aromatic nitrogens is 1. The maximum absolute atomic E-state index is 12.5. The molecular formula is C9H11F3N2. The van der Waals surface area contributed by atoms with Gasteiger partial charge in [-0.25, -0.2) is 4.98 Å². The summed E-state index contributed by atoms with van der Waals surface area (Å²) in [5.41, 5.74) is 4.50. The summed E-state index contributed by atoms with van der Waals surface area (Å²) in [4.78, 5) is 3.32. The summed E-state index contributed by atoms with van der Waals surface area (Å²) in [6.45, 7) is 3.37. The number of nitrogen functional groups attached to an aromatic ring is 1. The highest BCUT2D eigenvalue weighted by Crippen LogP contribution is 2.33. The summed E-state index contributed by atoms with van der Waals surface area (Å²) < 4.78 is 37.4. The van der Waals surface area contributed by atoms with Gasteiger partial charge in [-0.15, -0.1) is 0 Å². The summed E-state index contributed by atoms with van der Waals surface area (Å²) in [5.74, 6) is -0.332. The van der Waals surface area contributed by atoms with Crippen LogP contribution in [0.2, 0.25) is 0 Å². The molecule has 0 fully saturated rings. The fraction of sp³-hybridized carbons (Fsp3) is 0.444. The molecule has 5 heteroatoms. The first-order valence-electron chi connectivity index (χ1n) is 4.16. The fourth-order valence-electron chi connectivity index (χ4n) is 1.18. The zero-order valence-electron chi connectivity index (χ0n) is 7.89. The van der Waals surface area contributed by atoms with Gasteiger partial charge in [0.05, 0.1) is 0 Å². The first-order valence-corrected chi connectivity index (χ1v) is 4.16. The molecule has 1 aromatic heterocycles. The van der Waals surface area contributed by atoms with Gasteiger partial charge >= 0.3 is 6.18 Å². The molecule has 0 unspecified atom stereocenters. The maximum atomic E-state index is 12.5. The van der Waals surface area contributed by atoms with Crippen molar-refractivity contribution in [2.24, 2.45) is 0 Å². The topological polar surface area (TPSA) is 38.9 Å². The van der Waals surface area contributed by atoms with E-state index < -0.39 is 11.9 Å². The van der Waals surface area contributed by atoms with Crippen molar-refractivity contribution in [3.63, 3.8) is 0 Å². The van der Waals surface area contributed by atoms with Gasteiger partial charge in [-0.1, -0.05) is 19.9 Å². The molecule has 0 aromatic carbocycles. The molecule has 0 saturated carbocycles. The highest BCUT2D eigenvalue weighted by atomic mass is 19.4. The maximum Gasteiger partial charge on any atom is 0.433 e. The Balaban J connectivity index is 3.30. The molecule has 0 amide bonds. The fourth-order valence-corrected chi connectivity index (χ4v) is 1.18. The van der Waals surface area contributed by atoms with Crippen LogP contribution < -0.4 is 5.73 Å². The van der Waals surface area contributed by atoms with Crippen LogP contribution in [0.25, 0.3) is 0 Å². The van der Waals surface area contributed by atoms with E-state index in [0.29, 0.717) is 0 Å². The largest absolute Gasteiger partial charge is 0.433 e. The number of rotatable bonds is 1. The molecule has 0 bridgehead atoms. The van der Waals surface area contributed by atoms with Gasteiger partial charge in [0.1, 0.15) is 11.5 Å². The van der Waals surface area contributed by atoms with E-state index in [1.54, 1.807) is 13.8 Å². The van der Waals surface area contributed by atoms with Crippen molar-refractivity contribution in [2.75, 3.05) is 5.73 Å². The first kappa shape index (κ1) is 10.8. The molecule has 1 aromatic rings. The van der Waals surface area contributed by atoms with Crippen molar-refractivity contribution in [3.8, 4) is 0 Å². The van der Waals surface area contributed by atoms with E-state index in [0.717, 1.165) is 0 Å². The highest BCUT2D eigenvalue weighted by Gasteiger charge is 2.36. The zero-order valence-corrected chi connectivity index (χ0v) is 7.89. The van der Waals surface area contributed by atoms with E-state index in [4.69, 9.17) is 5.73 Å². The van der Waals surface area contributed by atoms with Crippen LogP contribution >= 0.6 is 0 Å². The smallest absolute Gasteiger partial charge is 0.384 e. The number of hydrogen-bond donors (Lipinski definition) is 1. The van der Waals surface area contributed by atoms with Crippen molar-refractivity contribution >= 4 is 5.82 Å². The molecule has 0 radical (unpaired) electrons. The summed E-state index contributed by atoms with van der Waals surface area (Å²) in [6.07, 6.45) is -4.44. The van der Waals surface area contributed by atoms with Crippen molar-refractivity contribution in [1.29, 1.82) is 0 Å². The standard InChI is InChI=1S/C9H11F3N2/c1-5(2)6-3-4-7(13)14-8(6)9(10,11)12/h3-5H,1-2H3,(H2,13,14). The Kier molecular flexibility index (Phi) is 2.69. The average molecular weight is 204 g/mol. The monoisotopic (exact) mass is 204 g/mol. The van der Waals surface area contributed by atoms with Gasteiger partial charge in [0, 0.05) is 0 Å². The Hall–Kier alpha value is -1.26. The third-order valence-electron chi connectivity index (χ3n) is 1.84. The third kappa shape index (κ3) is 2.16. The third-order valence-corrected chi connectivity index (χ3v) is 1.84. The Morgan fingerprint density at radius 3 is 2.29 bits per heavy atom. The summed E-state index contributed by atoms with van der Waals surface area (Å²) in [7, 11) is 0. The lowest BCUT2D eigenvalue weighted by Gasteiger charge is -2.14. The number of anilines is 1. The van der Waals surface area contributed by atoms with Gasteiger partial charge in [-0.3, -0.25) is 0 Å². The number of nitrogens with zero attached hydrogens (tertiary/aromatic N) is 1. The van der Waals surface area contributed by atoms with E-state index in [-0.39, 0.29) is 17.3 Å². The van der Waals surface area contributed by atoms with E-state index in [1.807, 2.05) is 0 Å². The Morgan fingerprint density at radius 2 is 1.86 bits per heavy atom. The number of nitrogens with two attached hydrogens (primary N) is 1. The molecule has 0 aliphatic rings. The van der Waals surface area contributed by atoms with Crippen molar-refractivity contribution in [1.82, 2.24) is 4.98 Å². The highest BCUT2D eigenvalue weighted by molar-refractivity contribution is 5.36. The van der Waals surface area contributed by atoms with Crippen LogP contribution in [0, 0.1) is 0 Å². The first-order chi connectivity index (χ1) is 6.32. The van der Waals surface area contributed by atoms with Gasteiger partial charge < -0.3 is 5.73 Å². The van der Waals surface area contributed by atoms with Crippen LogP contribution in [0.5, 0.6) is 0 Å². The van der Waals surface area contributed by atoms with Crippen LogP contribution in [0.1, 0.15) is 31.0 Å². The molecule has 78 valence electrons. The van der Waals surface area contributed by atoms with Crippen LogP contribution in [0.15, 0.2) is 12.1 Å². The normalized spacial score (nSPS) is 12.1. The van der Waals surface area contributed by atoms with Gasteiger partial charge in [0.15, 0.2) is 0 Å². The molecule has 0 aliphatic carbocycles. The van der Waals surface area contributed by atoms with Gasteiger partial charge in [0.25, 0.3) is 0 Å². The molecule has 2 N–H and O–H groups in total. The predicted molar refractivity (Wildman–Crippen MR) is 47.7 cm³/mol. The number of halogens is 3. The summed E-state index contributed by atoms with van der Waals surface area (Å²) >= 11 is 0. The van der Waals surface area contributed by atoms with Crippen LogP contribution in [0.4, 0.5) is 19.0 Å². The molecule has 0 aliphatic heterocycles. The van der Waals surface area contributed by atoms with Crippen molar-refractivity contribution in [3.05, 3.63) is 23.4 Å².